The summed E-state index contributed by atoms with van der Waals surface area (Å²) in [5.74, 6) is -0.183. The number of anilines is 1. The molecule has 2 aromatic heterocycles. The molecule has 166 valence electrons. The number of fused-ring (bicyclic) bond motifs is 1. The molecule has 0 saturated carbocycles. The number of benzene rings is 1. The Morgan fingerprint density at radius 1 is 1.16 bits per heavy atom. The molecule has 9 nitrogen and oxygen atoms in total. The fourth-order valence-corrected chi connectivity index (χ4v) is 4.61. The molecule has 4 rings (SSSR count). The van der Waals surface area contributed by atoms with Gasteiger partial charge in [0.25, 0.3) is 15.9 Å². The average molecular weight is 455 g/mol. The standard InChI is InChI=1S/C22H21N3O6S/c1-2-19(26)24-20-10-16-12-25(13-18(16)31-20)32(28,29)21-11-17(14-30-21)22(27)23-9-8-15-6-4-3-5-7-15/h2-7,10-11,14H,1,8-9,12-13H2,(H,23,27)(H,24,26). The first-order chi connectivity index (χ1) is 15.4. The van der Waals surface area contributed by atoms with E-state index in [4.69, 9.17) is 8.83 Å². The van der Waals surface area contributed by atoms with Crippen LogP contribution in [0, 0.1) is 0 Å². The van der Waals surface area contributed by atoms with Crippen molar-refractivity contribution in [1.82, 2.24) is 9.62 Å². The van der Waals surface area contributed by atoms with Gasteiger partial charge >= 0.3 is 0 Å². The van der Waals surface area contributed by atoms with E-state index in [9.17, 15) is 18.0 Å². The summed E-state index contributed by atoms with van der Waals surface area (Å²) in [7, 11) is -3.97. The molecule has 2 N–H and O–H groups in total. The molecule has 1 aliphatic rings. The number of sulfonamides is 1. The zero-order valence-corrected chi connectivity index (χ0v) is 17.9. The van der Waals surface area contributed by atoms with E-state index in [1.807, 2.05) is 30.3 Å². The van der Waals surface area contributed by atoms with Crippen LogP contribution in [-0.2, 0) is 34.3 Å². The Balaban J connectivity index is 1.37. The van der Waals surface area contributed by atoms with Crippen molar-refractivity contribution in [1.29, 1.82) is 0 Å². The number of nitrogens with zero attached hydrogens (tertiary/aromatic N) is 1. The van der Waals surface area contributed by atoms with Crippen molar-refractivity contribution in [3.63, 3.8) is 0 Å². The molecule has 0 fully saturated rings. The molecule has 2 amide bonds. The van der Waals surface area contributed by atoms with Crippen LogP contribution in [-0.4, -0.2) is 31.1 Å². The number of amides is 2. The number of furan rings is 2. The first-order valence-electron chi connectivity index (χ1n) is 9.82. The third-order valence-electron chi connectivity index (χ3n) is 4.97. The van der Waals surface area contributed by atoms with Gasteiger partial charge in [0, 0.05) is 30.8 Å². The normalized spacial score (nSPS) is 13.5. The largest absolute Gasteiger partial charge is 0.451 e. The maximum absolute atomic E-state index is 12.9. The Labute approximate surface area is 184 Å². The van der Waals surface area contributed by atoms with E-state index < -0.39 is 21.8 Å². The average Bonchev–Trinajstić information content (AvgIpc) is 3.50. The van der Waals surface area contributed by atoms with Gasteiger partial charge in [0.15, 0.2) is 5.88 Å². The molecule has 3 aromatic rings. The van der Waals surface area contributed by atoms with Crippen LogP contribution in [0.15, 0.2) is 75.3 Å². The minimum atomic E-state index is -3.97. The van der Waals surface area contributed by atoms with Gasteiger partial charge in [-0.1, -0.05) is 36.9 Å². The highest BCUT2D eigenvalue weighted by molar-refractivity contribution is 7.89. The molecule has 32 heavy (non-hydrogen) atoms. The van der Waals surface area contributed by atoms with Crippen LogP contribution < -0.4 is 10.6 Å². The molecule has 0 saturated heterocycles. The van der Waals surface area contributed by atoms with E-state index in [0.717, 1.165) is 17.9 Å². The van der Waals surface area contributed by atoms with Crippen LogP contribution >= 0.6 is 0 Å². The van der Waals surface area contributed by atoms with Crippen LogP contribution in [0.2, 0.25) is 0 Å². The molecule has 10 heteroatoms. The van der Waals surface area contributed by atoms with E-state index >= 15 is 0 Å². The van der Waals surface area contributed by atoms with E-state index in [0.29, 0.717) is 24.3 Å². The quantitative estimate of drug-likeness (QED) is 0.504. The topological polar surface area (TPSA) is 122 Å². The van der Waals surface area contributed by atoms with Crippen LogP contribution in [0.4, 0.5) is 5.88 Å². The van der Waals surface area contributed by atoms with Crippen LogP contribution in [0.25, 0.3) is 0 Å². The van der Waals surface area contributed by atoms with Crippen molar-refractivity contribution in [2.75, 3.05) is 11.9 Å². The van der Waals surface area contributed by atoms with Gasteiger partial charge in [-0.25, -0.2) is 8.42 Å². The zero-order chi connectivity index (χ0) is 22.7. The summed E-state index contributed by atoms with van der Waals surface area (Å²) in [6.07, 6.45) is 2.89. The smallest absolute Gasteiger partial charge is 0.277 e. The maximum Gasteiger partial charge on any atom is 0.277 e. The summed E-state index contributed by atoms with van der Waals surface area (Å²) in [4.78, 5) is 23.7. The van der Waals surface area contributed by atoms with Crippen molar-refractivity contribution in [3.05, 3.63) is 83.8 Å². The first kappa shape index (κ1) is 21.6. The molecule has 1 aliphatic heterocycles. The van der Waals surface area contributed by atoms with Gasteiger partial charge in [0.05, 0.1) is 12.1 Å². The lowest BCUT2D eigenvalue weighted by atomic mass is 10.1. The van der Waals surface area contributed by atoms with Crippen molar-refractivity contribution in [2.45, 2.75) is 24.6 Å². The predicted molar refractivity (Wildman–Crippen MR) is 115 cm³/mol. The highest BCUT2D eigenvalue weighted by atomic mass is 32.2. The second kappa shape index (κ2) is 8.85. The monoisotopic (exact) mass is 455 g/mol. The van der Waals surface area contributed by atoms with Gasteiger partial charge in [0.1, 0.15) is 12.0 Å². The van der Waals surface area contributed by atoms with Crippen LogP contribution in [0.3, 0.4) is 0 Å². The molecule has 0 atom stereocenters. The fourth-order valence-electron chi connectivity index (χ4n) is 3.31. The summed E-state index contributed by atoms with van der Waals surface area (Å²) in [5.41, 5.74) is 1.85. The number of carbonyl (C=O) groups is 2. The minimum Gasteiger partial charge on any atom is -0.451 e. The van der Waals surface area contributed by atoms with Crippen LogP contribution in [0.5, 0.6) is 0 Å². The zero-order valence-electron chi connectivity index (χ0n) is 17.0. The van der Waals surface area contributed by atoms with Gasteiger partial charge in [-0.15, -0.1) is 0 Å². The third-order valence-corrected chi connectivity index (χ3v) is 6.63. The Kier molecular flexibility index (Phi) is 5.97. The lowest BCUT2D eigenvalue weighted by Crippen LogP contribution is -2.26. The number of hydrogen-bond acceptors (Lipinski definition) is 6. The van der Waals surface area contributed by atoms with Crippen molar-refractivity contribution >= 4 is 27.7 Å². The molecular weight excluding hydrogens is 434 g/mol. The Morgan fingerprint density at radius 3 is 2.66 bits per heavy atom. The van der Waals surface area contributed by atoms with Crippen molar-refractivity contribution in [3.8, 4) is 0 Å². The lowest BCUT2D eigenvalue weighted by molar-refractivity contribution is -0.112. The summed E-state index contributed by atoms with van der Waals surface area (Å²) >= 11 is 0. The van der Waals surface area contributed by atoms with E-state index in [1.165, 1.54) is 10.4 Å². The summed E-state index contributed by atoms with van der Waals surface area (Å²) < 4.78 is 37.7. The SMILES string of the molecule is C=CC(=O)Nc1cc2c(o1)CN(S(=O)(=O)c1cc(C(=O)NCCc3ccccc3)co1)C2. The fraction of sp³-hybridized carbons (Fsp3) is 0.182. The molecule has 3 heterocycles. The molecule has 0 spiro atoms. The molecule has 0 radical (unpaired) electrons. The Morgan fingerprint density at radius 2 is 1.94 bits per heavy atom. The van der Waals surface area contributed by atoms with Crippen molar-refractivity contribution < 1.29 is 26.8 Å². The Bertz CT molecular complexity index is 1240. The lowest BCUT2D eigenvalue weighted by Gasteiger charge is -2.13. The second-order valence-electron chi connectivity index (χ2n) is 7.17. The summed E-state index contributed by atoms with van der Waals surface area (Å²) in [6.45, 7) is 3.82. The summed E-state index contributed by atoms with van der Waals surface area (Å²) in [5, 5.41) is 4.93. The second-order valence-corrected chi connectivity index (χ2v) is 9.04. The summed E-state index contributed by atoms with van der Waals surface area (Å²) in [6, 6.07) is 12.5. The van der Waals surface area contributed by atoms with Gasteiger partial charge < -0.3 is 14.2 Å². The third kappa shape index (κ3) is 4.51. The highest BCUT2D eigenvalue weighted by Crippen LogP contribution is 2.33. The highest BCUT2D eigenvalue weighted by Gasteiger charge is 2.35. The Hall–Kier alpha value is -3.63. The molecular formula is C22H21N3O6S. The number of carbonyl (C=O) groups excluding carboxylic acids is 2. The molecule has 1 aromatic carbocycles. The van der Waals surface area contributed by atoms with Crippen molar-refractivity contribution in [2.24, 2.45) is 0 Å². The van der Waals surface area contributed by atoms with E-state index in [-0.39, 0.29) is 29.6 Å². The molecule has 0 unspecified atom stereocenters. The number of hydrogen-bond donors (Lipinski definition) is 2. The minimum absolute atomic E-state index is 0.0130. The maximum atomic E-state index is 12.9. The van der Waals surface area contributed by atoms with Gasteiger partial charge in [0.2, 0.25) is 11.0 Å². The number of nitrogens with one attached hydrogen (secondary N) is 2. The first-order valence-corrected chi connectivity index (χ1v) is 11.3. The van der Waals surface area contributed by atoms with Gasteiger partial charge in [-0.2, -0.15) is 4.31 Å². The van der Waals surface area contributed by atoms with E-state index in [2.05, 4.69) is 17.2 Å². The van der Waals surface area contributed by atoms with E-state index in [1.54, 1.807) is 6.07 Å². The predicted octanol–water partition coefficient (Wildman–Crippen LogP) is 2.67. The molecule has 0 bridgehead atoms. The molecule has 0 aliphatic carbocycles. The van der Waals surface area contributed by atoms with Gasteiger partial charge in [-0.05, 0) is 18.1 Å². The van der Waals surface area contributed by atoms with Gasteiger partial charge in [-0.3, -0.25) is 14.9 Å². The number of rotatable bonds is 8. The van der Waals surface area contributed by atoms with Crippen LogP contribution in [0.1, 0.15) is 27.2 Å².